The summed E-state index contributed by atoms with van der Waals surface area (Å²) in [7, 11) is 0. The van der Waals surface area contributed by atoms with Gasteiger partial charge < -0.3 is 10.1 Å². The minimum Gasteiger partial charge on any atom is -0.457 e. The van der Waals surface area contributed by atoms with Crippen molar-refractivity contribution in [2.45, 2.75) is 32.1 Å². The van der Waals surface area contributed by atoms with Gasteiger partial charge in [-0.1, -0.05) is 18.9 Å². The Balaban J connectivity index is 1.36. The van der Waals surface area contributed by atoms with Crippen LogP contribution < -0.4 is 10.1 Å². The molecule has 24 heavy (non-hydrogen) atoms. The number of carbonyl (C=O) groups excluding carboxylic acids is 1. The van der Waals surface area contributed by atoms with E-state index in [-0.39, 0.29) is 5.91 Å². The maximum absolute atomic E-state index is 12.4. The number of hydrogen-bond acceptors (Lipinski definition) is 3. The van der Waals surface area contributed by atoms with Gasteiger partial charge in [0, 0.05) is 30.6 Å². The van der Waals surface area contributed by atoms with E-state index in [1.807, 2.05) is 24.3 Å². The molecule has 1 aromatic heterocycles. The second-order valence-corrected chi connectivity index (χ2v) is 6.92. The van der Waals surface area contributed by atoms with Gasteiger partial charge >= 0.3 is 0 Å². The van der Waals surface area contributed by atoms with Crippen molar-refractivity contribution in [3.05, 3.63) is 48.8 Å². The van der Waals surface area contributed by atoms with E-state index >= 15 is 0 Å². The highest BCUT2D eigenvalue weighted by Gasteiger charge is 2.45. The van der Waals surface area contributed by atoms with Crippen molar-refractivity contribution in [1.82, 2.24) is 4.98 Å². The molecule has 124 valence electrons. The number of rotatable bonds is 5. The van der Waals surface area contributed by atoms with Gasteiger partial charge in [0.25, 0.3) is 0 Å². The summed E-state index contributed by atoms with van der Waals surface area (Å²) in [5.41, 5.74) is 0.787. The molecule has 1 amide bonds. The molecular formula is C20H22N2O2. The summed E-state index contributed by atoms with van der Waals surface area (Å²) in [4.78, 5) is 16.3. The summed E-state index contributed by atoms with van der Waals surface area (Å²) in [5.74, 6) is 3.86. The van der Waals surface area contributed by atoms with Gasteiger partial charge in [-0.15, -0.1) is 0 Å². The first-order valence-electron chi connectivity index (χ1n) is 8.76. The van der Waals surface area contributed by atoms with Gasteiger partial charge in [0.15, 0.2) is 0 Å². The monoisotopic (exact) mass is 322 g/mol. The lowest BCUT2D eigenvalue weighted by Gasteiger charge is -2.20. The molecule has 3 atom stereocenters. The van der Waals surface area contributed by atoms with Gasteiger partial charge in [-0.05, 0) is 54.9 Å². The van der Waals surface area contributed by atoms with Crippen LogP contribution in [0.25, 0.3) is 0 Å². The number of hydrogen-bond donors (Lipinski definition) is 1. The van der Waals surface area contributed by atoms with Gasteiger partial charge in [0.1, 0.15) is 11.5 Å². The topological polar surface area (TPSA) is 51.2 Å². The summed E-state index contributed by atoms with van der Waals surface area (Å²) in [6.45, 7) is 0. The molecule has 0 saturated heterocycles. The zero-order chi connectivity index (χ0) is 16.4. The Kier molecular flexibility index (Phi) is 4.20. The zero-order valence-electron chi connectivity index (χ0n) is 13.7. The predicted molar refractivity (Wildman–Crippen MR) is 92.9 cm³/mol. The average Bonchev–Trinajstić information content (AvgIpc) is 3.37. The van der Waals surface area contributed by atoms with E-state index in [0.717, 1.165) is 23.3 Å². The molecule has 1 aromatic carbocycles. The number of ether oxygens (including phenoxy) is 1. The van der Waals surface area contributed by atoms with E-state index in [1.54, 1.807) is 24.5 Å². The Labute approximate surface area is 142 Å². The molecule has 1 heterocycles. The van der Waals surface area contributed by atoms with Crippen molar-refractivity contribution < 1.29 is 9.53 Å². The molecule has 0 spiro atoms. The number of benzene rings is 1. The minimum absolute atomic E-state index is 0.119. The number of pyridine rings is 1. The summed E-state index contributed by atoms with van der Waals surface area (Å²) >= 11 is 0. The first kappa shape index (κ1) is 15.2. The van der Waals surface area contributed by atoms with Crippen LogP contribution in [0.2, 0.25) is 0 Å². The number of aromatic nitrogens is 1. The van der Waals surface area contributed by atoms with Crippen LogP contribution in [0, 0.1) is 17.8 Å². The molecule has 4 nitrogen and oxygen atoms in total. The normalized spacial score (nSPS) is 24.8. The fraction of sp³-hybridized carbons (Fsp3) is 0.400. The third-order valence-electron chi connectivity index (χ3n) is 5.18. The lowest BCUT2D eigenvalue weighted by molar-refractivity contribution is -0.117. The molecule has 0 bridgehead atoms. The summed E-state index contributed by atoms with van der Waals surface area (Å²) in [6, 6.07) is 11.1. The van der Waals surface area contributed by atoms with Gasteiger partial charge in [-0.3, -0.25) is 9.78 Å². The van der Waals surface area contributed by atoms with E-state index in [0.29, 0.717) is 18.1 Å². The summed E-state index contributed by atoms with van der Waals surface area (Å²) < 4.78 is 5.78. The third kappa shape index (κ3) is 3.58. The predicted octanol–water partition coefficient (Wildman–Crippen LogP) is 4.64. The zero-order valence-corrected chi connectivity index (χ0v) is 13.7. The average molecular weight is 322 g/mol. The Morgan fingerprint density at radius 1 is 1.17 bits per heavy atom. The van der Waals surface area contributed by atoms with E-state index < -0.39 is 0 Å². The fourth-order valence-corrected chi connectivity index (χ4v) is 3.92. The van der Waals surface area contributed by atoms with Crippen LogP contribution in [0.4, 0.5) is 5.69 Å². The first-order chi connectivity index (χ1) is 11.8. The second kappa shape index (κ2) is 6.63. The van der Waals surface area contributed by atoms with Crippen molar-refractivity contribution in [2.75, 3.05) is 5.32 Å². The number of carbonyl (C=O) groups is 1. The van der Waals surface area contributed by atoms with E-state index in [1.165, 1.54) is 25.7 Å². The molecule has 3 unspecified atom stereocenters. The summed E-state index contributed by atoms with van der Waals surface area (Å²) in [6.07, 6.45) is 9.24. The van der Waals surface area contributed by atoms with Crippen molar-refractivity contribution >= 4 is 11.6 Å². The maximum Gasteiger partial charge on any atom is 0.224 e. The van der Waals surface area contributed by atoms with Crippen LogP contribution in [0.3, 0.4) is 0 Å². The molecule has 2 fully saturated rings. The van der Waals surface area contributed by atoms with Crippen LogP contribution in [0.15, 0.2) is 48.8 Å². The van der Waals surface area contributed by atoms with Gasteiger partial charge in [-0.2, -0.15) is 0 Å². The standard InChI is InChI=1S/C20H22N2O2/c23-20(12-15-4-1-3-14-11-19(14)15)22-16-5-2-6-18(13-16)24-17-7-9-21-10-8-17/h2,5-10,13-15,19H,1,3-4,11-12H2,(H,22,23). The molecule has 2 aliphatic carbocycles. The van der Waals surface area contributed by atoms with Crippen molar-refractivity contribution in [3.8, 4) is 11.5 Å². The molecule has 2 aliphatic rings. The molecule has 2 aromatic rings. The number of amides is 1. The molecule has 0 radical (unpaired) electrons. The van der Waals surface area contributed by atoms with Crippen LogP contribution in [-0.4, -0.2) is 10.9 Å². The Hall–Kier alpha value is -2.36. The van der Waals surface area contributed by atoms with Crippen LogP contribution in [0.1, 0.15) is 32.1 Å². The number of nitrogens with one attached hydrogen (secondary N) is 1. The highest BCUT2D eigenvalue weighted by Crippen LogP contribution is 2.53. The Bertz CT molecular complexity index is 717. The molecule has 0 aliphatic heterocycles. The molecule has 1 N–H and O–H groups in total. The van der Waals surface area contributed by atoms with E-state index in [4.69, 9.17) is 4.74 Å². The number of anilines is 1. The SMILES string of the molecule is O=C(CC1CCCC2CC12)Nc1cccc(Oc2ccncc2)c1. The molecule has 2 saturated carbocycles. The van der Waals surface area contributed by atoms with E-state index in [9.17, 15) is 4.79 Å². The third-order valence-corrected chi connectivity index (χ3v) is 5.18. The van der Waals surface area contributed by atoms with Crippen LogP contribution in [-0.2, 0) is 4.79 Å². The Morgan fingerprint density at radius 2 is 2.04 bits per heavy atom. The Morgan fingerprint density at radius 3 is 2.92 bits per heavy atom. The van der Waals surface area contributed by atoms with Gasteiger partial charge in [0.05, 0.1) is 0 Å². The van der Waals surface area contributed by atoms with E-state index in [2.05, 4.69) is 10.3 Å². The lowest BCUT2D eigenvalue weighted by atomic mass is 9.86. The van der Waals surface area contributed by atoms with Gasteiger partial charge in [0.2, 0.25) is 5.91 Å². The second-order valence-electron chi connectivity index (χ2n) is 6.92. The molecule has 4 heteroatoms. The first-order valence-corrected chi connectivity index (χ1v) is 8.76. The smallest absolute Gasteiger partial charge is 0.224 e. The lowest BCUT2D eigenvalue weighted by Crippen LogP contribution is -2.20. The highest BCUT2D eigenvalue weighted by atomic mass is 16.5. The largest absolute Gasteiger partial charge is 0.457 e. The fourth-order valence-electron chi connectivity index (χ4n) is 3.92. The van der Waals surface area contributed by atoms with Crippen LogP contribution >= 0.6 is 0 Å². The number of nitrogens with zero attached hydrogens (tertiary/aromatic N) is 1. The summed E-state index contributed by atoms with van der Waals surface area (Å²) in [5, 5.41) is 3.02. The van der Waals surface area contributed by atoms with Gasteiger partial charge in [-0.25, -0.2) is 0 Å². The maximum atomic E-state index is 12.4. The minimum atomic E-state index is 0.119. The molecular weight excluding hydrogens is 300 g/mol. The quantitative estimate of drug-likeness (QED) is 0.872. The molecule has 4 rings (SSSR count). The van der Waals surface area contributed by atoms with Crippen molar-refractivity contribution in [2.24, 2.45) is 17.8 Å². The van der Waals surface area contributed by atoms with Crippen molar-refractivity contribution in [3.63, 3.8) is 0 Å². The van der Waals surface area contributed by atoms with Crippen LogP contribution in [0.5, 0.6) is 11.5 Å². The van der Waals surface area contributed by atoms with Crippen molar-refractivity contribution in [1.29, 1.82) is 0 Å². The number of fused-ring (bicyclic) bond motifs is 1. The highest BCUT2D eigenvalue weighted by molar-refractivity contribution is 5.91.